The summed E-state index contributed by atoms with van der Waals surface area (Å²) in [4.78, 5) is 44.5. The summed E-state index contributed by atoms with van der Waals surface area (Å²) in [6, 6.07) is 13.2. The Balaban J connectivity index is 2.05. The Hall–Kier alpha value is -3.23. The maximum absolute atomic E-state index is 12.1. The van der Waals surface area contributed by atoms with E-state index in [0.717, 1.165) is 11.1 Å². The fourth-order valence-corrected chi connectivity index (χ4v) is 2.19. The summed E-state index contributed by atoms with van der Waals surface area (Å²) in [5.41, 5.74) is 2.63. The van der Waals surface area contributed by atoms with Crippen molar-refractivity contribution in [2.24, 2.45) is 0 Å². The maximum Gasteiger partial charge on any atom is 0.340 e. The van der Waals surface area contributed by atoms with Gasteiger partial charge in [-0.1, -0.05) is 47.5 Å². The lowest BCUT2D eigenvalue weighted by Gasteiger charge is -2.24. The van der Waals surface area contributed by atoms with E-state index >= 15 is 0 Å². The zero-order chi connectivity index (χ0) is 20.7. The van der Waals surface area contributed by atoms with Crippen LogP contribution in [-0.2, 0) is 30.7 Å². The molecule has 2 aromatic rings. The van der Waals surface area contributed by atoms with Gasteiger partial charge in [-0.15, -0.1) is 0 Å². The number of ether oxygens (including phenoxy) is 1. The number of carbonyl (C=O) groups is 3. The second kappa shape index (κ2) is 9.63. The Morgan fingerprint density at radius 2 is 1.46 bits per heavy atom. The van der Waals surface area contributed by atoms with Crippen LogP contribution >= 0.6 is 0 Å². The van der Waals surface area contributed by atoms with Crippen molar-refractivity contribution < 1.29 is 39.1 Å². The van der Waals surface area contributed by atoms with E-state index < -0.39 is 30.1 Å². The average Bonchev–Trinajstić information content (AvgIpc) is 2.65. The minimum absolute atomic E-state index is 0.0570. The Morgan fingerprint density at radius 3 is 1.96 bits per heavy atom. The summed E-state index contributed by atoms with van der Waals surface area (Å²) in [5, 5.41) is 20.6. The molecule has 2 aromatic carbocycles. The van der Waals surface area contributed by atoms with Crippen LogP contribution < -0.4 is 5.11 Å². The van der Waals surface area contributed by atoms with Gasteiger partial charge in [0.1, 0.15) is 6.61 Å². The summed E-state index contributed by atoms with van der Waals surface area (Å²) < 4.78 is 4.79. The van der Waals surface area contributed by atoms with Crippen LogP contribution in [0.3, 0.4) is 0 Å². The molecule has 0 saturated carbocycles. The highest BCUT2D eigenvalue weighted by Gasteiger charge is 2.35. The molecular weight excluding hydrogens is 368 g/mol. The lowest BCUT2D eigenvalue weighted by Crippen LogP contribution is -2.50. The van der Waals surface area contributed by atoms with Crippen molar-refractivity contribution in [1.29, 1.82) is 0 Å². The molecule has 0 spiro atoms. The van der Waals surface area contributed by atoms with Crippen LogP contribution in [0.4, 0.5) is 0 Å². The standard InChI is InChI=1S/C20H20O8/c1-12-3-7-14(8-4-12)11-26-28-17(19(23)24)16(18(21)22)27-20(25)15-9-5-13(2)6-10-15/h3-10,16-17H,11H2,1-2H3,(H,21,22)(H,23,24)/p-1. The molecule has 0 saturated heterocycles. The highest BCUT2D eigenvalue weighted by Crippen LogP contribution is 2.13. The lowest BCUT2D eigenvalue weighted by molar-refractivity contribution is -0.356. The van der Waals surface area contributed by atoms with Crippen LogP contribution in [0.1, 0.15) is 27.0 Å². The van der Waals surface area contributed by atoms with Crippen molar-refractivity contribution in [2.45, 2.75) is 32.7 Å². The van der Waals surface area contributed by atoms with Crippen molar-refractivity contribution in [2.75, 3.05) is 0 Å². The summed E-state index contributed by atoms with van der Waals surface area (Å²) in [6.07, 6.45) is -4.31. The number of benzene rings is 2. The highest BCUT2D eigenvalue weighted by atomic mass is 17.2. The second-order valence-electron chi connectivity index (χ2n) is 6.11. The van der Waals surface area contributed by atoms with E-state index in [9.17, 15) is 24.6 Å². The first-order chi connectivity index (χ1) is 13.3. The molecule has 8 nitrogen and oxygen atoms in total. The van der Waals surface area contributed by atoms with Gasteiger partial charge < -0.3 is 19.7 Å². The van der Waals surface area contributed by atoms with Gasteiger partial charge in [0, 0.05) is 0 Å². The fraction of sp³-hybridized carbons (Fsp3) is 0.250. The molecule has 0 heterocycles. The zero-order valence-electron chi connectivity index (χ0n) is 15.3. The van der Waals surface area contributed by atoms with Gasteiger partial charge in [-0.05, 0) is 31.5 Å². The van der Waals surface area contributed by atoms with Crippen molar-refractivity contribution in [3.05, 3.63) is 70.8 Å². The zero-order valence-corrected chi connectivity index (χ0v) is 15.3. The molecule has 0 amide bonds. The van der Waals surface area contributed by atoms with E-state index in [1.54, 1.807) is 31.2 Å². The molecular formula is C20H19O8-. The maximum atomic E-state index is 12.1. The molecule has 0 radical (unpaired) electrons. The van der Waals surface area contributed by atoms with Gasteiger partial charge in [0.15, 0.2) is 6.10 Å². The van der Waals surface area contributed by atoms with Crippen molar-refractivity contribution in [1.82, 2.24) is 0 Å². The molecule has 2 rings (SSSR count). The van der Waals surface area contributed by atoms with Gasteiger partial charge in [-0.2, -0.15) is 0 Å². The van der Waals surface area contributed by atoms with E-state index in [1.165, 1.54) is 12.1 Å². The molecule has 0 aliphatic carbocycles. The summed E-state index contributed by atoms with van der Waals surface area (Å²) >= 11 is 0. The highest BCUT2D eigenvalue weighted by molar-refractivity contribution is 5.92. The normalized spacial score (nSPS) is 12.8. The van der Waals surface area contributed by atoms with E-state index in [4.69, 9.17) is 14.5 Å². The van der Waals surface area contributed by atoms with Crippen LogP contribution in [0.2, 0.25) is 0 Å². The number of carbonyl (C=O) groups excluding carboxylic acids is 2. The van der Waals surface area contributed by atoms with Crippen LogP contribution in [0, 0.1) is 13.8 Å². The summed E-state index contributed by atoms with van der Waals surface area (Å²) in [5.74, 6) is -4.64. The topological polar surface area (TPSA) is 122 Å². The predicted molar refractivity (Wildman–Crippen MR) is 93.9 cm³/mol. The van der Waals surface area contributed by atoms with Gasteiger partial charge in [0.2, 0.25) is 6.10 Å². The third-order valence-corrected chi connectivity index (χ3v) is 3.79. The van der Waals surface area contributed by atoms with Crippen molar-refractivity contribution in [3.8, 4) is 0 Å². The molecule has 28 heavy (non-hydrogen) atoms. The lowest BCUT2D eigenvalue weighted by atomic mass is 10.1. The van der Waals surface area contributed by atoms with Gasteiger partial charge >= 0.3 is 11.9 Å². The predicted octanol–water partition coefficient (Wildman–Crippen LogP) is 1.18. The minimum atomic E-state index is -2.20. The molecule has 148 valence electrons. The number of carboxylic acids is 2. The molecule has 0 bridgehead atoms. The number of hydrogen-bond acceptors (Lipinski definition) is 7. The van der Waals surface area contributed by atoms with Gasteiger partial charge in [0.25, 0.3) is 0 Å². The molecule has 2 atom stereocenters. The van der Waals surface area contributed by atoms with E-state index in [1.807, 2.05) is 19.1 Å². The van der Waals surface area contributed by atoms with Crippen LogP contribution in [0.15, 0.2) is 48.5 Å². The first kappa shape index (κ1) is 21.1. The van der Waals surface area contributed by atoms with E-state index in [0.29, 0.717) is 5.56 Å². The van der Waals surface area contributed by atoms with Crippen LogP contribution in [0.5, 0.6) is 0 Å². The van der Waals surface area contributed by atoms with Crippen LogP contribution in [0.25, 0.3) is 0 Å². The number of aliphatic carboxylic acids is 2. The van der Waals surface area contributed by atoms with E-state index in [-0.39, 0.29) is 12.2 Å². The van der Waals surface area contributed by atoms with E-state index in [2.05, 4.69) is 0 Å². The molecule has 0 aliphatic heterocycles. The van der Waals surface area contributed by atoms with Crippen LogP contribution in [-0.4, -0.2) is 35.2 Å². The average molecular weight is 387 g/mol. The number of carboxylic acid groups (broad SMARTS) is 2. The number of hydrogen-bond donors (Lipinski definition) is 1. The first-order valence-corrected chi connectivity index (χ1v) is 8.33. The third-order valence-electron chi connectivity index (χ3n) is 3.79. The molecule has 1 N–H and O–H groups in total. The third kappa shape index (κ3) is 5.90. The Kier molecular flexibility index (Phi) is 7.25. The summed E-state index contributed by atoms with van der Waals surface area (Å²) in [7, 11) is 0. The Bertz CT molecular complexity index is 826. The molecule has 0 fully saturated rings. The largest absolute Gasteiger partial charge is 0.546 e. The number of aryl methyl sites for hydroxylation is 2. The number of esters is 1. The molecule has 0 aliphatic rings. The van der Waals surface area contributed by atoms with Crippen molar-refractivity contribution in [3.63, 3.8) is 0 Å². The first-order valence-electron chi connectivity index (χ1n) is 8.33. The Labute approximate surface area is 161 Å². The van der Waals surface area contributed by atoms with Gasteiger partial charge in [-0.25, -0.2) is 19.4 Å². The smallest absolute Gasteiger partial charge is 0.340 e. The summed E-state index contributed by atoms with van der Waals surface area (Å²) in [6.45, 7) is 3.57. The molecule has 2 unspecified atom stereocenters. The second-order valence-corrected chi connectivity index (χ2v) is 6.11. The quantitative estimate of drug-likeness (QED) is 0.387. The molecule has 0 aromatic heterocycles. The van der Waals surface area contributed by atoms with Gasteiger partial charge in [-0.3, -0.25) is 0 Å². The van der Waals surface area contributed by atoms with Crippen molar-refractivity contribution >= 4 is 17.9 Å². The Morgan fingerprint density at radius 1 is 0.929 bits per heavy atom. The SMILES string of the molecule is Cc1ccc(COOC(C(=O)O)C(OC(=O)c2ccc(C)cc2)C(=O)[O-])cc1. The fourth-order valence-electron chi connectivity index (χ4n) is 2.19. The number of rotatable bonds is 9. The minimum Gasteiger partial charge on any atom is -0.546 e. The molecule has 8 heteroatoms. The van der Waals surface area contributed by atoms with Gasteiger partial charge in [0.05, 0.1) is 11.5 Å². The monoisotopic (exact) mass is 387 g/mol.